The Morgan fingerprint density at radius 3 is 2.56 bits per heavy atom. The first kappa shape index (κ1) is 29.7. The quantitative estimate of drug-likeness (QED) is 0.139. The Morgan fingerprint density at radius 2 is 1.85 bits per heavy atom. The maximum Gasteiger partial charge on any atom is 0.269 e. The monoisotopic (exact) mass is 572 g/mol. The second-order valence-corrected chi connectivity index (χ2v) is 10.6. The van der Waals surface area contributed by atoms with Gasteiger partial charge in [0.05, 0.1) is 17.7 Å². The van der Waals surface area contributed by atoms with Gasteiger partial charge in [0.25, 0.3) is 5.69 Å². The third kappa shape index (κ3) is 7.67. The van der Waals surface area contributed by atoms with Crippen molar-refractivity contribution in [2.24, 2.45) is 5.92 Å². The summed E-state index contributed by atoms with van der Waals surface area (Å²) in [6.07, 6.45) is 4.43. The highest BCUT2D eigenvalue weighted by atomic mass is 32.1. The highest BCUT2D eigenvalue weighted by molar-refractivity contribution is 7.80. The van der Waals surface area contributed by atoms with Crippen molar-refractivity contribution in [3.05, 3.63) is 106 Å². The van der Waals surface area contributed by atoms with Crippen LogP contribution in [0.1, 0.15) is 37.1 Å². The van der Waals surface area contributed by atoms with Crippen molar-refractivity contribution in [2.75, 3.05) is 13.6 Å². The lowest BCUT2D eigenvalue weighted by Gasteiger charge is -2.33. The topological polar surface area (TPSA) is 105 Å². The molecule has 0 unspecified atom stereocenters. The fraction of sp³-hybridized carbons (Fsp3) is 0.323. The van der Waals surface area contributed by atoms with Crippen LogP contribution in [0.2, 0.25) is 0 Å². The molecule has 4 rings (SSSR count). The molecule has 9 nitrogen and oxygen atoms in total. The molecule has 0 radical (unpaired) electrons. The number of hydrogen-bond donors (Lipinski definition) is 2. The van der Waals surface area contributed by atoms with Crippen LogP contribution in [0.25, 0.3) is 10.8 Å². The average Bonchev–Trinajstić information content (AvgIpc) is 3.41. The van der Waals surface area contributed by atoms with E-state index in [0.717, 1.165) is 17.7 Å². The minimum Gasteiger partial charge on any atom is -0.366 e. The number of carbonyl (C=O) groups excluding carboxylic acids is 1. The van der Waals surface area contributed by atoms with E-state index in [1.807, 2.05) is 23.7 Å². The highest BCUT2D eigenvalue weighted by Crippen LogP contribution is 2.21. The van der Waals surface area contributed by atoms with Crippen molar-refractivity contribution in [3.8, 4) is 0 Å². The number of amides is 1. The lowest BCUT2D eigenvalue weighted by atomic mass is 9.97. The van der Waals surface area contributed by atoms with E-state index in [-0.39, 0.29) is 30.0 Å². The van der Waals surface area contributed by atoms with E-state index in [1.165, 1.54) is 28.5 Å². The van der Waals surface area contributed by atoms with Crippen LogP contribution in [0.5, 0.6) is 0 Å². The molecule has 0 spiro atoms. The molecule has 1 aromatic heterocycles. The Morgan fingerprint density at radius 1 is 1.12 bits per heavy atom. The zero-order valence-corrected chi connectivity index (χ0v) is 24.4. The van der Waals surface area contributed by atoms with Crippen molar-refractivity contribution in [1.29, 1.82) is 0 Å². The van der Waals surface area contributed by atoms with Crippen molar-refractivity contribution >= 4 is 39.7 Å². The summed E-state index contributed by atoms with van der Waals surface area (Å²) >= 11 is 5.70. The van der Waals surface area contributed by atoms with Gasteiger partial charge in [0.2, 0.25) is 5.91 Å². The van der Waals surface area contributed by atoms with Gasteiger partial charge in [-0.15, -0.1) is 0 Å². The Hall–Kier alpha value is -4.31. The van der Waals surface area contributed by atoms with Gasteiger partial charge < -0.3 is 20.1 Å². The van der Waals surface area contributed by atoms with E-state index in [2.05, 4.69) is 64.7 Å². The molecule has 0 saturated heterocycles. The number of nitrogens with zero attached hydrogens (tertiary/aromatic N) is 4. The molecular weight excluding hydrogens is 536 g/mol. The molecule has 0 bridgehead atoms. The number of aromatic nitrogens is 2. The number of nitro groups is 1. The van der Waals surface area contributed by atoms with Gasteiger partial charge in [-0.3, -0.25) is 14.9 Å². The molecule has 10 heteroatoms. The minimum atomic E-state index is -0.420. The third-order valence-electron chi connectivity index (χ3n) is 7.48. The zero-order chi connectivity index (χ0) is 29.4. The lowest BCUT2D eigenvalue weighted by Crippen LogP contribution is -2.50. The summed E-state index contributed by atoms with van der Waals surface area (Å²) in [6.45, 7) is 5.90. The molecule has 0 aliphatic carbocycles. The van der Waals surface area contributed by atoms with Crippen molar-refractivity contribution in [2.45, 2.75) is 45.8 Å². The maximum atomic E-state index is 13.3. The van der Waals surface area contributed by atoms with Crippen LogP contribution < -0.4 is 10.6 Å². The van der Waals surface area contributed by atoms with Gasteiger partial charge in [-0.25, -0.2) is 4.98 Å². The smallest absolute Gasteiger partial charge is 0.269 e. The van der Waals surface area contributed by atoms with Crippen LogP contribution in [-0.2, 0) is 24.3 Å². The van der Waals surface area contributed by atoms with Crippen molar-refractivity contribution < 1.29 is 9.72 Å². The number of imidazole rings is 1. The van der Waals surface area contributed by atoms with Crippen LogP contribution in [0, 0.1) is 16.0 Å². The van der Waals surface area contributed by atoms with Gasteiger partial charge in [0.1, 0.15) is 0 Å². The second-order valence-electron chi connectivity index (χ2n) is 10.2. The fourth-order valence-corrected chi connectivity index (χ4v) is 5.02. The van der Waals surface area contributed by atoms with Crippen molar-refractivity contribution in [3.63, 3.8) is 0 Å². The number of carbonyl (C=O) groups is 1. The second kappa shape index (κ2) is 13.8. The molecule has 0 fully saturated rings. The number of non-ortho nitro benzene ring substituents is 1. The van der Waals surface area contributed by atoms with Gasteiger partial charge in [-0.1, -0.05) is 74.9 Å². The van der Waals surface area contributed by atoms with E-state index >= 15 is 0 Å². The Balaban J connectivity index is 1.46. The average molecular weight is 573 g/mol. The SMILES string of the molecule is CC[C@H](C)[C@@H](CN(Cc1cccc2ccccc12)C(=S)NC)NC(=O)Cc1cncn1Cc1ccc([N+](=O)[O-])cc1. The van der Waals surface area contributed by atoms with E-state index in [1.54, 1.807) is 24.7 Å². The first-order valence-electron chi connectivity index (χ1n) is 13.7. The van der Waals surface area contributed by atoms with Gasteiger partial charge in [0.15, 0.2) is 5.11 Å². The van der Waals surface area contributed by atoms with Crippen LogP contribution in [-0.4, -0.2) is 50.0 Å². The van der Waals surface area contributed by atoms with Crippen LogP contribution in [0.4, 0.5) is 5.69 Å². The summed E-state index contributed by atoms with van der Waals surface area (Å²) in [6, 6.07) is 20.9. The van der Waals surface area contributed by atoms with E-state index < -0.39 is 4.92 Å². The first-order chi connectivity index (χ1) is 19.8. The summed E-state index contributed by atoms with van der Waals surface area (Å²) in [5.41, 5.74) is 2.87. The van der Waals surface area contributed by atoms with E-state index in [4.69, 9.17) is 12.2 Å². The number of nitro benzene ring substituents is 1. The van der Waals surface area contributed by atoms with E-state index in [0.29, 0.717) is 24.7 Å². The predicted octanol–water partition coefficient (Wildman–Crippen LogP) is 5.07. The standard InChI is InChI=1S/C31H36N6O3S/c1-4-22(2)29(20-35(31(41)32-3)19-25-10-7-9-24-8-5-6-11-28(24)25)34-30(38)16-27-17-33-21-36(27)18-23-12-14-26(15-13-23)37(39)40/h5-15,17,21-22,29H,4,16,18-20H2,1-3H3,(H,32,41)(H,34,38)/t22-,29+/m0/s1. The Bertz CT molecular complexity index is 1500. The maximum absolute atomic E-state index is 13.3. The third-order valence-corrected chi connectivity index (χ3v) is 7.94. The molecule has 0 aliphatic rings. The van der Waals surface area contributed by atoms with Crippen LogP contribution >= 0.6 is 12.2 Å². The lowest BCUT2D eigenvalue weighted by molar-refractivity contribution is -0.384. The number of fused-ring (bicyclic) bond motifs is 1. The van der Waals surface area contributed by atoms with Gasteiger partial charge >= 0.3 is 0 Å². The minimum absolute atomic E-state index is 0.0438. The number of benzene rings is 3. The summed E-state index contributed by atoms with van der Waals surface area (Å²) < 4.78 is 1.89. The van der Waals surface area contributed by atoms with Gasteiger partial charge in [0, 0.05) is 56.7 Å². The van der Waals surface area contributed by atoms with Gasteiger partial charge in [-0.05, 0) is 40.0 Å². The summed E-state index contributed by atoms with van der Waals surface area (Å²) in [7, 11) is 1.82. The highest BCUT2D eigenvalue weighted by Gasteiger charge is 2.24. The Labute approximate surface area is 245 Å². The number of hydrogen-bond acceptors (Lipinski definition) is 5. The summed E-state index contributed by atoms with van der Waals surface area (Å²) in [4.78, 5) is 30.2. The molecule has 0 aliphatic heterocycles. The normalized spacial score (nSPS) is 12.5. The fourth-order valence-electron chi connectivity index (χ4n) is 4.88. The van der Waals surface area contributed by atoms with Crippen LogP contribution in [0.3, 0.4) is 0 Å². The van der Waals surface area contributed by atoms with Crippen LogP contribution in [0.15, 0.2) is 79.3 Å². The molecule has 3 aromatic carbocycles. The summed E-state index contributed by atoms with van der Waals surface area (Å²) in [5.74, 6) is 0.125. The van der Waals surface area contributed by atoms with Gasteiger partial charge in [-0.2, -0.15) is 0 Å². The van der Waals surface area contributed by atoms with E-state index in [9.17, 15) is 14.9 Å². The number of thiocarbonyl (C=S) groups is 1. The molecule has 214 valence electrons. The molecule has 2 N–H and O–H groups in total. The largest absolute Gasteiger partial charge is 0.366 e. The Kier molecular flexibility index (Phi) is 10.0. The number of rotatable bonds is 12. The zero-order valence-electron chi connectivity index (χ0n) is 23.6. The number of nitrogens with one attached hydrogen (secondary N) is 2. The molecule has 2 atom stereocenters. The van der Waals surface area contributed by atoms with Crippen molar-refractivity contribution in [1.82, 2.24) is 25.1 Å². The first-order valence-corrected chi connectivity index (χ1v) is 14.1. The molecule has 1 heterocycles. The molecule has 0 saturated carbocycles. The predicted molar refractivity (Wildman–Crippen MR) is 166 cm³/mol. The molecule has 1 amide bonds. The molecular formula is C31H36N6O3S. The molecule has 41 heavy (non-hydrogen) atoms. The molecule has 4 aromatic rings. The summed E-state index contributed by atoms with van der Waals surface area (Å²) in [5, 5.41) is 20.3.